The van der Waals surface area contributed by atoms with E-state index in [2.05, 4.69) is 6.07 Å². The molecule has 0 fully saturated rings. The van der Waals surface area contributed by atoms with Crippen molar-refractivity contribution in [2.75, 3.05) is 6.79 Å². The maximum Gasteiger partial charge on any atom is 0.231 e. The van der Waals surface area contributed by atoms with Crippen LogP contribution >= 0.6 is 23.2 Å². The highest BCUT2D eigenvalue weighted by Gasteiger charge is 2.15. The number of allylic oxidation sites excluding steroid dienone is 1. The molecule has 128 valence electrons. The smallest absolute Gasteiger partial charge is 0.231 e. The molecule has 4 rings (SSSR count). The molecule has 6 heteroatoms. The van der Waals surface area contributed by atoms with Gasteiger partial charge in [0.1, 0.15) is 11.5 Å². The molecule has 0 bridgehead atoms. The minimum Gasteiger partial charge on any atom is -0.457 e. The molecule has 0 spiro atoms. The van der Waals surface area contributed by atoms with Gasteiger partial charge in [-0.2, -0.15) is 5.26 Å². The third-order valence-corrected chi connectivity index (χ3v) is 4.48. The lowest BCUT2D eigenvalue weighted by Crippen LogP contribution is -1.92. The second-order valence-electron chi connectivity index (χ2n) is 5.56. The number of rotatable bonds is 3. The van der Waals surface area contributed by atoms with Crippen molar-refractivity contribution in [3.05, 3.63) is 69.9 Å². The van der Waals surface area contributed by atoms with Gasteiger partial charge in [0.15, 0.2) is 11.5 Å². The Morgan fingerprint density at radius 1 is 1.00 bits per heavy atom. The quantitative estimate of drug-likeness (QED) is 0.516. The first-order chi connectivity index (χ1) is 12.6. The SMILES string of the molecule is N#C/C(=C/c1ccc(-c2cc(Cl)ccc2Cl)o1)c1ccc2c(c1)OCO2. The molecule has 0 atom stereocenters. The van der Waals surface area contributed by atoms with Crippen LogP contribution in [0.4, 0.5) is 0 Å². The number of halogens is 2. The van der Waals surface area contributed by atoms with Gasteiger partial charge in [-0.05, 0) is 60.2 Å². The molecule has 0 N–H and O–H groups in total. The third kappa shape index (κ3) is 3.15. The lowest BCUT2D eigenvalue weighted by Gasteiger charge is -2.02. The summed E-state index contributed by atoms with van der Waals surface area (Å²) in [7, 11) is 0. The molecule has 1 aliphatic rings. The first-order valence-corrected chi connectivity index (χ1v) is 8.47. The highest BCUT2D eigenvalue weighted by atomic mass is 35.5. The van der Waals surface area contributed by atoms with Crippen molar-refractivity contribution in [1.82, 2.24) is 0 Å². The van der Waals surface area contributed by atoms with Crippen LogP contribution in [0.15, 0.2) is 52.9 Å². The van der Waals surface area contributed by atoms with E-state index in [9.17, 15) is 5.26 Å². The first-order valence-electron chi connectivity index (χ1n) is 7.71. The summed E-state index contributed by atoms with van der Waals surface area (Å²) in [4.78, 5) is 0. The number of nitrogens with zero attached hydrogens (tertiary/aromatic N) is 1. The Morgan fingerprint density at radius 2 is 1.85 bits per heavy atom. The van der Waals surface area contributed by atoms with E-state index in [-0.39, 0.29) is 6.79 Å². The summed E-state index contributed by atoms with van der Waals surface area (Å²) in [5, 5.41) is 10.6. The summed E-state index contributed by atoms with van der Waals surface area (Å²) in [6.07, 6.45) is 1.67. The number of hydrogen-bond acceptors (Lipinski definition) is 4. The van der Waals surface area contributed by atoms with Gasteiger partial charge in [0.2, 0.25) is 6.79 Å². The van der Waals surface area contributed by atoms with Gasteiger partial charge < -0.3 is 13.9 Å². The average Bonchev–Trinajstić information content (AvgIpc) is 3.30. The molecule has 1 aromatic heterocycles. The van der Waals surface area contributed by atoms with Crippen LogP contribution in [0.25, 0.3) is 23.0 Å². The van der Waals surface area contributed by atoms with Gasteiger partial charge in [0.25, 0.3) is 0 Å². The van der Waals surface area contributed by atoms with Gasteiger partial charge in [-0.15, -0.1) is 0 Å². The van der Waals surface area contributed by atoms with E-state index in [0.29, 0.717) is 44.2 Å². The van der Waals surface area contributed by atoms with Crippen molar-refractivity contribution in [3.8, 4) is 28.9 Å². The average molecular weight is 384 g/mol. The zero-order valence-electron chi connectivity index (χ0n) is 13.3. The van der Waals surface area contributed by atoms with Crippen molar-refractivity contribution in [2.24, 2.45) is 0 Å². The maximum atomic E-state index is 9.52. The fraction of sp³-hybridized carbons (Fsp3) is 0.0500. The van der Waals surface area contributed by atoms with E-state index in [4.69, 9.17) is 37.1 Å². The van der Waals surface area contributed by atoms with E-state index < -0.39 is 0 Å². The van der Waals surface area contributed by atoms with Gasteiger partial charge >= 0.3 is 0 Å². The minimum atomic E-state index is 0.187. The minimum absolute atomic E-state index is 0.187. The van der Waals surface area contributed by atoms with Crippen molar-refractivity contribution >= 4 is 34.9 Å². The van der Waals surface area contributed by atoms with E-state index in [1.807, 2.05) is 0 Å². The summed E-state index contributed by atoms with van der Waals surface area (Å²) >= 11 is 12.2. The fourth-order valence-corrected chi connectivity index (χ4v) is 3.03. The molecule has 0 radical (unpaired) electrons. The van der Waals surface area contributed by atoms with E-state index in [0.717, 1.165) is 5.56 Å². The van der Waals surface area contributed by atoms with Crippen molar-refractivity contribution in [3.63, 3.8) is 0 Å². The van der Waals surface area contributed by atoms with Gasteiger partial charge in [0.05, 0.1) is 16.7 Å². The second kappa shape index (κ2) is 6.80. The fourth-order valence-electron chi connectivity index (χ4n) is 2.65. The van der Waals surface area contributed by atoms with Crippen LogP contribution in [0, 0.1) is 11.3 Å². The molecular weight excluding hydrogens is 373 g/mol. The Hall–Kier alpha value is -2.87. The van der Waals surface area contributed by atoms with Gasteiger partial charge in [0, 0.05) is 10.6 Å². The summed E-state index contributed by atoms with van der Waals surface area (Å²) in [6.45, 7) is 0.187. The van der Waals surface area contributed by atoms with Crippen LogP contribution in [-0.2, 0) is 0 Å². The number of fused-ring (bicyclic) bond motifs is 1. The number of nitriles is 1. The van der Waals surface area contributed by atoms with E-state index in [1.54, 1.807) is 54.6 Å². The second-order valence-corrected chi connectivity index (χ2v) is 6.41. The molecule has 1 aliphatic heterocycles. The molecule has 2 heterocycles. The summed E-state index contributed by atoms with van der Waals surface area (Å²) in [5.41, 5.74) is 1.86. The topological polar surface area (TPSA) is 55.4 Å². The lowest BCUT2D eigenvalue weighted by atomic mass is 10.1. The number of benzene rings is 2. The van der Waals surface area contributed by atoms with Crippen LogP contribution in [0.3, 0.4) is 0 Å². The van der Waals surface area contributed by atoms with Crippen LogP contribution in [-0.4, -0.2) is 6.79 Å². The molecule has 0 saturated carbocycles. The summed E-state index contributed by atoms with van der Waals surface area (Å²) < 4.78 is 16.5. The van der Waals surface area contributed by atoms with Gasteiger partial charge in [-0.3, -0.25) is 0 Å². The van der Waals surface area contributed by atoms with Crippen molar-refractivity contribution in [2.45, 2.75) is 0 Å². The molecular formula is C20H11Cl2NO3. The molecule has 26 heavy (non-hydrogen) atoms. The molecule has 3 aromatic rings. The Bertz CT molecular complexity index is 1060. The molecule has 2 aromatic carbocycles. The Labute approximate surface area is 159 Å². The largest absolute Gasteiger partial charge is 0.457 e. The molecule has 4 nitrogen and oxygen atoms in total. The highest BCUT2D eigenvalue weighted by Crippen LogP contribution is 2.36. The zero-order chi connectivity index (χ0) is 18.1. The van der Waals surface area contributed by atoms with E-state index >= 15 is 0 Å². The first kappa shape index (κ1) is 16.6. The van der Waals surface area contributed by atoms with E-state index in [1.165, 1.54) is 0 Å². The van der Waals surface area contributed by atoms with Crippen LogP contribution in [0.2, 0.25) is 10.0 Å². The van der Waals surface area contributed by atoms with Gasteiger partial charge in [-0.25, -0.2) is 0 Å². The Balaban J connectivity index is 1.68. The standard InChI is InChI=1S/C20H11Cl2NO3/c21-14-2-4-17(22)16(9-14)18-6-3-15(26-18)7-13(10-23)12-1-5-19-20(8-12)25-11-24-19/h1-9H,11H2/b13-7-. The lowest BCUT2D eigenvalue weighted by molar-refractivity contribution is 0.174. The molecule has 0 saturated heterocycles. The van der Waals surface area contributed by atoms with Crippen molar-refractivity contribution < 1.29 is 13.9 Å². The third-order valence-electron chi connectivity index (χ3n) is 3.91. The maximum absolute atomic E-state index is 9.52. The predicted octanol–water partition coefficient (Wildman–Crippen LogP) is 6.05. The molecule has 0 unspecified atom stereocenters. The van der Waals surface area contributed by atoms with Crippen LogP contribution in [0.5, 0.6) is 11.5 Å². The monoisotopic (exact) mass is 383 g/mol. The van der Waals surface area contributed by atoms with Crippen molar-refractivity contribution in [1.29, 1.82) is 5.26 Å². The van der Waals surface area contributed by atoms with Crippen LogP contribution < -0.4 is 9.47 Å². The molecule has 0 amide bonds. The summed E-state index contributed by atoms with van der Waals surface area (Å²) in [6, 6.07) is 16.3. The van der Waals surface area contributed by atoms with Crippen LogP contribution in [0.1, 0.15) is 11.3 Å². The molecule has 0 aliphatic carbocycles. The predicted molar refractivity (Wildman–Crippen MR) is 100 cm³/mol. The normalized spacial score (nSPS) is 12.9. The number of ether oxygens (including phenoxy) is 2. The Morgan fingerprint density at radius 3 is 2.69 bits per heavy atom. The Kier molecular flexibility index (Phi) is 4.34. The number of hydrogen-bond donors (Lipinski definition) is 0. The van der Waals surface area contributed by atoms with Gasteiger partial charge in [-0.1, -0.05) is 23.2 Å². The zero-order valence-corrected chi connectivity index (χ0v) is 14.8. The summed E-state index contributed by atoms with van der Waals surface area (Å²) in [5.74, 6) is 2.40. The number of furan rings is 1. The highest BCUT2D eigenvalue weighted by molar-refractivity contribution is 6.35.